The summed E-state index contributed by atoms with van der Waals surface area (Å²) < 4.78 is 37.1. The number of pyridine rings is 1. The van der Waals surface area contributed by atoms with Crippen molar-refractivity contribution in [3.63, 3.8) is 0 Å². The summed E-state index contributed by atoms with van der Waals surface area (Å²) >= 11 is 0. The second-order valence-corrected chi connectivity index (χ2v) is 2.35. The number of hydrogen-bond donors (Lipinski definition) is 2. The SMILES string of the molecule is Nc1c(C(F)F)cnc(CO)c1F. The Morgan fingerprint density at radius 3 is 2.62 bits per heavy atom. The van der Waals surface area contributed by atoms with E-state index in [4.69, 9.17) is 10.8 Å². The average molecular weight is 192 g/mol. The Morgan fingerprint density at radius 1 is 1.54 bits per heavy atom. The minimum Gasteiger partial charge on any atom is -0.396 e. The fourth-order valence-electron chi connectivity index (χ4n) is 0.840. The summed E-state index contributed by atoms with van der Waals surface area (Å²) in [7, 11) is 0. The van der Waals surface area contributed by atoms with E-state index < -0.39 is 30.1 Å². The molecule has 0 bridgehead atoms. The van der Waals surface area contributed by atoms with E-state index in [2.05, 4.69) is 4.98 Å². The number of halogens is 3. The largest absolute Gasteiger partial charge is 0.396 e. The first-order valence-electron chi connectivity index (χ1n) is 3.39. The van der Waals surface area contributed by atoms with Crippen molar-refractivity contribution in [3.8, 4) is 0 Å². The summed E-state index contributed by atoms with van der Waals surface area (Å²) in [5.74, 6) is -1.08. The number of nitrogen functional groups attached to an aromatic ring is 1. The third-order valence-electron chi connectivity index (χ3n) is 1.55. The molecule has 0 fully saturated rings. The zero-order chi connectivity index (χ0) is 10.0. The maximum atomic E-state index is 12.9. The summed E-state index contributed by atoms with van der Waals surface area (Å²) in [5.41, 5.74) is 3.41. The van der Waals surface area contributed by atoms with Gasteiger partial charge in [0.05, 0.1) is 17.9 Å². The van der Waals surface area contributed by atoms with Crippen molar-refractivity contribution in [2.75, 3.05) is 5.73 Å². The molecule has 0 aliphatic carbocycles. The van der Waals surface area contributed by atoms with E-state index >= 15 is 0 Å². The molecule has 1 aromatic rings. The van der Waals surface area contributed by atoms with Crippen molar-refractivity contribution in [1.29, 1.82) is 0 Å². The Balaban J connectivity index is 3.23. The number of nitrogens with two attached hydrogens (primary N) is 1. The third-order valence-corrected chi connectivity index (χ3v) is 1.55. The van der Waals surface area contributed by atoms with E-state index in [0.29, 0.717) is 0 Å². The highest BCUT2D eigenvalue weighted by atomic mass is 19.3. The molecule has 1 heterocycles. The maximum absolute atomic E-state index is 12.9. The fourth-order valence-corrected chi connectivity index (χ4v) is 0.840. The number of rotatable bonds is 2. The van der Waals surface area contributed by atoms with Gasteiger partial charge in [-0.1, -0.05) is 0 Å². The van der Waals surface area contributed by atoms with Crippen molar-refractivity contribution in [2.24, 2.45) is 0 Å². The van der Waals surface area contributed by atoms with Crippen LogP contribution < -0.4 is 5.73 Å². The number of alkyl halides is 2. The van der Waals surface area contributed by atoms with Crippen LogP contribution in [-0.2, 0) is 6.61 Å². The molecule has 0 aliphatic heterocycles. The molecular weight excluding hydrogens is 185 g/mol. The average Bonchev–Trinajstić information content (AvgIpc) is 2.09. The van der Waals surface area contributed by atoms with Gasteiger partial charge in [-0.2, -0.15) is 0 Å². The van der Waals surface area contributed by atoms with Gasteiger partial charge >= 0.3 is 0 Å². The summed E-state index contributed by atoms with van der Waals surface area (Å²) in [4.78, 5) is 3.29. The molecule has 72 valence electrons. The van der Waals surface area contributed by atoms with Crippen molar-refractivity contribution in [2.45, 2.75) is 13.0 Å². The van der Waals surface area contributed by atoms with Crippen LogP contribution in [0.15, 0.2) is 6.20 Å². The monoisotopic (exact) mass is 192 g/mol. The molecule has 0 aliphatic rings. The zero-order valence-corrected chi connectivity index (χ0v) is 6.47. The molecule has 0 atom stereocenters. The predicted octanol–water partition coefficient (Wildman–Crippen LogP) is 1.23. The summed E-state index contributed by atoms with van der Waals surface area (Å²) in [5, 5.41) is 8.53. The number of aromatic nitrogens is 1. The van der Waals surface area contributed by atoms with Crippen LogP contribution in [0.5, 0.6) is 0 Å². The number of aliphatic hydroxyl groups excluding tert-OH is 1. The molecule has 0 amide bonds. The molecule has 0 saturated heterocycles. The van der Waals surface area contributed by atoms with Gasteiger partial charge < -0.3 is 10.8 Å². The lowest BCUT2D eigenvalue weighted by atomic mass is 10.2. The summed E-state index contributed by atoms with van der Waals surface area (Å²) in [6.45, 7) is -0.667. The van der Waals surface area contributed by atoms with Crippen molar-refractivity contribution in [3.05, 3.63) is 23.3 Å². The van der Waals surface area contributed by atoms with Crippen LogP contribution in [0.25, 0.3) is 0 Å². The first-order chi connectivity index (χ1) is 6.07. The topological polar surface area (TPSA) is 59.1 Å². The second-order valence-electron chi connectivity index (χ2n) is 2.35. The molecule has 13 heavy (non-hydrogen) atoms. The Morgan fingerprint density at radius 2 is 2.15 bits per heavy atom. The quantitative estimate of drug-likeness (QED) is 0.740. The summed E-state index contributed by atoms with van der Waals surface area (Å²) in [6.07, 6.45) is -2.11. The molecule has 0 saturated carbocycles. The van der Waals surface area contributed by atoms with Crippen molar-refractivity contribution < 1.29 is 18.3 Å². The number of anilines is 1. The van der Waals surface area contributed by atoms with E-state index in [1.54, 1.807) is 0 Å². The van der Waals surface area contributed by atoms with E-state index in [1.165, 1.54) is 0 Å². The molecule has 0 spiro atoms. The standard InChI is InChI=1S/C7H7F3N2O/c8-5-4(2-13)12-1-3(6(5)11)7(9)10/h1,7,13H,2H2,(H2,11,12). The van der Waals surface area contributed by atoms with Crippen LogP contribution in [0, 0.1) is 5.82 Å². The van der Waals surface area contributed by atoms with Gasteiger partial charge in [0.15, 0.2) is 5.82 Å². The number of aliphatic hydroxyl groups is 1. The molecule has 0 unspecified atom stereocenters. The van der Waals surface area contributed by atoms with Gasteiger partial charge in [-0.05, 0) is 0 Å². The van der Waals surface area contributed by atoms with E-state index in [1.807, 2.05) is 0 Å². The van der Waals surface area contributed by atoms with Crippen molar-refractivity contribution >= 4 is 5.69 Å². The fraction of sp³-hybridized carbons (Fsp3) is 0.286. The molecule has 1 aromatic heterocycles. The lowest BCUT2D eigenvalue weighted by molar-refractivity contribution is 0.151. The first kappa shape index (κ1) is 9.79. The Kier molecular flexibility index (Phi) is 2.72. The molecule has 3 nitrogen and oxygen atoms in total. The molecular formula is C7H7F3N2O. The van der Waals surface area contributed by atoms with Crippen LogP contribution in [0.2, 0.25) is 0 Å². The normalized spacial score (nSPS) is 10.8. The van der Waals surface area contributed by atoms with E-state index in [0.717, 1.165) is 6.20 Å². The third kappa shape index (κ3) is 1.72. The first-order valence-corrected chi connectivity index (χ1v) is 3.39. The molecule has 6 heteroatoms. The predicted molar refractivity (Wildman–Crippen MR) is 39.5 cm³/mol. The molecule has 1 rings (SSSR count). The van der Waals surface area contributed by atoms with Crippen LogP contribution in [0.4, 0.5) is 18.9 Å². The highest BCUT2D eigenvalue weighted by molar-refractivity contribution is 5.48. The van der Waals surface area contributed by atoms with Gasteiger partial charge in [-0.15, -0.1) is 0 Å². The van der Waals surface area contributed by atoms with Gasteiger partial charge in [0.1, 0.15) is 5.69 Å². The lowest BCUT2D eigenvalue weighted by Gasteiger charge is -2.06. The molecule has 3 N–H and O–H groups in total. The highest BCUT2D eigenvalue weighted by Crippen LogP contribution is 2.27. The van der Waals surface area contributed by atoms with Gasteiger partial charge in [0.25, 0.3) is 6.43 Å². The van der Waals surface area contributed by atoms with E-state index in [9.17, 15) is 13.2 Å². The van der Waals surface area contributed by atoms with Gasteiger partial charge in [-0.3, -0.25) is 4.98 Å². The second kappa shape index (κ2) is 3.61. The lowest BCUT2D eigenvalue weighted by Crippen LogP contribution is -2.04. The van der Waals surface area contributed by atoms with Gasteiger partial charge in [-0.25, -0.2) is 13.2 Å². The van der Waals surface area contributed by atoms with Crippen LogP contribution in [0.1, 0.15) is 17.7 Å². The van der Waals surface area contributed by atoms with Gasteiger partial charge in [0, 0.05) is 6.20 Å². The van der Waals surface area contributed by atoms with Gasteiger partial charge in [0.2, 0.25) is 0 Å². The smallest absolute Gasteiger partial charge is 0.267 e. The molecule has 0 radical (unpaired) electrons. The summed E-state index contributed by atoms with van der Waals surface area (Å²) in [6, 6.07) is 0. The maximum Gasteiger partial charge on any atom is 0.267 e. The minimum absolute atomic E-state index is 0.332. The molecule has 0 aromatic carbocycles. The Bertz CT molecular complexity index is 317. The van der Waals surface area contributed by atoms with Crippen LogP contribution in [-0.4, -0.2) is 10.1 Å². The highest BCUT2D eigenvalue weighted by Gasteiger charge is 2.17. The van der Waals surface area contributed by atoms with Crippen LogP contribution >= 0.6 is 0 Å². The minimum atomic E-state index is -2.87. The Labute approximate surface area is 72.0 Å². The zero-order valence-electron chi connectivity index (χ0n) is 6.47. The van der Waals surface area contributed by atoms with Crippen LogP contribution in [0.3, 0.4) is 0 Å². The van der Waals surface area contributed by atoms with Crippen molar-refractivity contribution in [1.82, 2.24) is 4.98 Å². The van der Waals surface area contributed by atoms with E-state index in [-0.39, 0.29) is 5.69 Å². The number of hydrogen-bond acceptors (Lipinski definition) is 3. The Hall–Kier alpha value is -1.30. The number of nitrogens with zero attached hydrogens (tertiary/aromatic N) is 1.